The van der Waals surface area contributed by atoms with Crippen molar-refractivity contribution in [1.82, 2.24) is 9.78 Å². The van der Waals surface area contributed by atoms with Gasteiger partial charge >= 0.3 is 0 Å². The summed E-state index contributed by atoms with van der Waals surface area (Å²) in [4.78, 5) is 0. The summed E-state index contributed by atoms with van der Waals surface area (Å²) in [7, 11) is 1.91. The minimum atomic E-state index is -0.0334. The molecule has 0 saturated heterocycles. The fourth-order valence-electron chi connectivity index (χ4n) is 1.20. The van der Waals surface area contributed by atoms with Gasteiger partial charge in [0.25, 0.3) is 0 Å². The number of rotatable bonds is 4. The van der Waals surface area contributed by atoms with Crippen molar-refractivity contribution in [1.29, 1.82) is 0 Å². The lowest BCUT2D eigenvalue weighted by Crippen LogP contribution is -2.27. The Balaban J connectivity index is 2.72. The molecule has 13 heavy (non-hydrogen) atoms. The lowest BCUT2D eigenvalue weighted by atomic mass is 9.86. The number of hydrogen-bond donors (Lipinski definition) is 1. The van der Waals surface area contributed by atoms with E-state index in [1.54, 1.807) is 4.68 Å². The summed E-state index contributed by atoms with van der Waals surface area (Å²) in [5.74, 6) is 0. The first-order valence-corrected chi connectivity index (χ1v) is 4.42. The molecule has 0 fully saturated rings. The molecule has 0 saturated carbocycles. The van der Waals surface area contributed by atoms with E-state index in [4.69, 9.17) is 5.73 Å². The van der Waals surface area contributed by atoms with Crippen LogP contribution in [0.5, 0.6) is 0 Å². The first-order chi connectivity index (χ1) is 6.09. The van der Waals surface area contributed by atoms with Crippen LogP contribution in [0.2, 0.25) is 0 Å². The number of nitrogens with zero attached hydrogens (tertiary/aromatic N) is 2. The summed E-state index contributed by atoms with van der Waals surface area (Å²) in [5, 5.41) is 4.30. The second-order valence-electron chi connectivity index (χ2n) is 3.72. The maximum atomic E-state index is 5.67. The highest BCUT2D eigenvalue weighted by Crippen LogP contribution is 2.20. The summed E-state index contributed by atoms with van der Waals surface area (Å²) in [6.45, 7) is 6.49. The number of nitrogens with two attached hydrogens (primary N) is 1. The van der Waals surface area contributed by atoms with Gasteiger partial charge < -0.3 is 5.73 Å². The third-order valence-electron chi connectivity index (χ3n) is 2.31. The van der Waals surface area contributed by atoms with Gasteiger partial charge in [0.2, 0.25) is 0 Å². The third kappa shape index (κ3) is 2.42. The smallest absolute Gasteiger partial charge is 0.0633 e. The lowest BCUT2D eigenvalue weighted by Gasteiger charge is -2.21. The molecule has 0 aliphatic heterocycles. The minimum absolute atomic E-state index is 0.0334. The van der Waals surface area contributed by atoms with E-state index in [1.807, 2.05) is 25.4 Å². The largest absolute Gasteiger partial charge is 0.330 e. The van der Waals surface area contributed by atoms with E-state index in [9.17, 15) is 0 Å². The Hall–Kier alpha value is -1.09. The van der Waals surface area contributed by atoms with E-state index < -0.39 is 0 Å². The second kappa shape index (κ2) is 3.75. The first kappa shape index (κ1) is 9.99. The molecular formula is C10H17N3. The first-order valence-electron chi connectivity index (χ1n) is 4.42. The van der Waals surface area contributed by atoms with Crippen molar-refractivity contribution < 1.29 is 0 Å². The molecule has 1 heterocycles. The molecule has 1 rings (SSSR count). The lowest BCUT2D eigenvalue weighted by molar-refractivity contribution is 0.431. The third-order valence-corrected chi connectivity index (χ3v) is 2.31. The fraction of sp³-hybridized carbons (Fsp3) is 0.500. The maximum absolute atomic E-state index is 5.67. The van der Waals surface area contributed by atoms with Crippen LogP contribution in [0.4, 0.5) is 0 Å². The molecule has 1 aromatic rings. The van der Waals surface area contributed by atoms with Crippen molar-refractivity contribution in [2.24, 2.45) is 18.2 Å². The predicted octanol–water partition coefficient (Wildman–Crippen LogP) is 1.11. The molecule has 2 N–H and O–H groups in total. The molecule has 1 aromatic heterocycles. The van der Waals surface area contributed by atoms with E-state index in [1.165, 1.54) is 0 Å². The van der Waals surface area contributed by atoms with Crippen LogP contribution in [0.3, 0.4) is 0 Å². The summed E-state index contributed by atoms with van der Waals surface area (Å²) in [5.41, 5.74) is 6.70. The average molecular weight is 179 g/mol. The van der Waals surface area contributed by atoms with Gasteiger partial charge in [0.15, 0.2) is 0 Å². The predicted molar refractivity (Wildman–Crippen MR) is 54.3 cm³/mol. The van der Waals surface area contributed by atoms with Gasteiger partial charge in [0.05, 0.1) is 5.69 Å². The zero-order chi connectivity index (χ0) is 9.90. The van der Waals surface area contributed by atoms with E-state index in [0.717, 1.165) is 12.1 Å². The molecule has 72 valence electrons. The van der Waals surface area contributed by atoms with Gasteiger partial charge in [-0.05, 0) is 6.07 Å². The van der Waals surface area contributed by atoms with Crippen LogP contribution >= 0.6 is 0 Å². The number of hydrogen-bond acceptors (Lipinski definition) is 2. The fourth-order valence-corrected chi connectivity index (χ4v) is 1.20. The van der Waals surface area contributed by atoms with Gasteiger partial charge in [-0.2, -0.15) is 5.10 Å². The van der Waals surface area contributed by atoms with Crippen molar-refractivity contribution in [3.8, 4) is 0 Å². The molecular weight excluding hydrogens is 162 g/mol. The van der Waals surface area contributed by atoms with Crippen LogP contribution in [0, 0.1) is 5.41 Å². The minimum Gasteiger partial charge on any atom is -0.330 e. The van der Waals surface area contributed by atoms with Gasteiger partial charge in [-0.15, -0.1) is 6.58 Å². The Morgan fingerprint density at radius 1 is 1.77 bits per heavy atom. The normalized spacial score (nSPS) is 15.3. The molecule has 0 radical (unpaired) electrons. The molecule has 3 nitrogen and oxygen atoms in total. The Bertz CT molecular complexity index is 290. The second-order valence-corrected chi connectivity index (χ2v) is 3.72. The SMILES string of the molecule is C=CC(C)(CN)Cc1ccn(C)n1. The summed E-state index contributed by atoms with van der Waals surface area (Å²) in [6.07, 6.45) is 4.70. The Morgan fingerprint density at radius 2 is 2.46 bits per heavy atom. The highest BCUT2D eigenvalue weighted by atomic mass is 15.2. The molecule has 0 aliphatic rings. The van der Waals surface area contributed by atoms with Crippen LogP contribution < -0.4 is 5.73 Å². The van der Waals surface area contributed by atoms with Crippen LogP contribution in [-0.2, 0) is 13.5 Å². The van der Waals surface area contributed by atoms with Gasteiger partial charge in [-0.1, -0.05) is 13.0 Å². The van der Waals surface area contributed by atoms with Gasteiger partial charge in [0, 0.05) is 31.6 Å². The zero-order valence-electron chi connectivity index (χ0n) is 8.33. The van der Waals surface area contributed by atoms with Crippen molar-refractivity contribution in [2.45, 2.75) is 13.3 Å². The summed E-state index contributed by atoms with van der Waals surface area (Å²) in [6, 6.07) is 2.01. The number of aryl methyl sites for hydroxylation is 1. The van der Waals surface area contributed by atoms with Crippen LogP contribution in [0.1, 0.15) is 12.6 Å². The molecule has 0 amide bonds. The van der Waals surface area contributed by atoms with Gasteiger partial charge in [-0.25, -0.2) is 0 Å². The molecule has 1 unspecified atom stereocenters. The van der Waals surface area contributed by atoms with Crippen molar-refractivity contribution in [3.05, 3.63) is 30.6 Å². The van der Waals surface area contributed by atoms with E-state index in [2.05, 4.69) is 18.6 Å². The number of aromatic nitrogens is 2. The van der Waals surface area contributed by atoms with Gasteiger partial charge in [0.1, 0.15) is 0 Å². The maximum Gasteiger partial charge on any atom is 0.0633 e. The Kier molecular flexibility index (Phi) is 2.88. The van der Waals surface area contributed by atoms with Crippen LogP contribution in [0.25, 0.3) is 0 Å². The van der Waals surface area contributed by atoms with Crippen LogP contribution in [-0.4, -0.2) is 16.3 Å². The molecule has 0 bridgehead atoms. The van der Waals surface area contributed by atoms with Crippen molar-refractivity contribution in [2.75, 3.05) is 6.54 Å². The van der Waals surface area contributed by atoms with E-state index >= 15 is 0 Å². The van der Waals surface area contributed by atoms with Crippen molar-refractivity contribution >= 4 is 0 Å². The molecule has 0 aliphatic carbocycles. The average Bonchev–Trinajstić information content (AvgIpc) is 2.51. The Morgan fingerprint density at radius 3 is 2.85 bits per heavy atom. The molecule has 1 atom stereocenters. The summed E-state index contributed by atoms with van der Waals surface area (Å²) < 4.78 is 1.80. The van der Waals surface area contributed by atoms with E-state index in [0.29, 0.717) is 6.54 Å². The zero-order valence-corrected chi connectivity index (χ0v) is 8.33. The van der Waals surface area contributed by atoms with E-state index in [-0.39, 0.29) is 5.41 Å². The standard InChI is InChI=1S/C10H17N3/c1-4-10(2,8-11)7-9-5-6-13(3)12-9/h4-6H,1,7-8,11H2,2-3H3. The molecule has 3 heteroatoms. The van der Waals surface area contributed by atoms with Crippen molar-refractivity contribution in [3.63, 3.8) is 0 Å². The van der Waals surface area contributed by atoms with Crippen LogP contribution in [0.15, 0.2) is 24.9 Å². The Labute approximate surface area is 79.2 Å². The van der Waals surface area contributed by atoms with Gasteiger partial charge in [-0.3, -0.25) is 4.68 Å². The quantitative estimate of drug-likeness (QED) is 0.704. The monoisotopic (exact) mass is 179 g/mol. The summed E-state index contributed by atoms with van der Waals surface area (Å²) >= 11 is 0. The molecule has 0 aromatic carbocycles. The topological polar surface area (TPSA) is 43.8 Å². The molecule has 0 spiro atoms. The highest BCUT2D eigenvalue weighted by Gasteiger charge is 2.19. The highest BCUT2D eigenvalue weighted by molar-refractivity contribution is 5.07.